The Morgan fingerprint density at radius 1 is 0.857 bits per heavy atom. The summed E-state index contributed by atoms with van der Waals surface area (Å²) in [5.74, 6) is 0. The normalized spacial score (nSPS) is 13.8. The minimum absolute atomic E-state index is 0.234. The quantitative estimate of drug-likeness (QED) is 0.793. The smallest absolute Gasteiger partial charge is 0.107 e. The van der Waals surface area contributed by atoms with E-state index in [0.29, 0.717) is 0 Å². The number of hydrogen-bond acceptors (Lipinski definition) is 2. The number of aromatic nitrogens is 2. The fraction of sp³-hybridized carbons (Fsp3) is 0.167. The first-order valence-electron chi connectivity index (χ1n) is 7.05. The molecule has 3 heteroatoms. The molecule has 0 aliphatic heterocycles. The number of benzene rings is 2. The second-order valence-electron chi connectivity index (χ2n) is 5.15. The van der Waals surface area contributed by atoms with E-state index in [2.05, 4.69) is 5.10 Å². The first-order valence-corrected chi connectivity index (χ1v) is 7.05. The van der Waals surface area contributed by atoms with Gasteiger partial charge < -0.3 is 5.11 Å². The van der Waals surface area contributed by atoms with Crippen molar-refractivity contribution in [3.05, 3.63) is 89.7 Å². The number of aliphatic hydroxyl groups excluding tert-OH is 1. The molecule has 0 bridgehead atoms. The highest BCUT2D eigenvalue weighted by Crippen LogP contribution is 2.31. The molecule has 0 aliphatic carbocycles. The number of rotatable bonds is 4. The largest absolute Gasteiger partial charge is 0.386 e. The van der Waals surface area contributed by atoms with Gasteiger partial charge in [0.1, 0.15) is 12.1 Å². The van der Waals surface area contributed by atoms with Gasteiger partial charge in [-0.3, -0.25) is 4.68 Å². The molecule has 2 atom stereocenters. The second kappa shape index (κ2) is 5.94. The van der Waals surface area contributed by atoms with Crippen LogP contribution < -0.4 is 0 Å². The van der Waals surface area contributed by atoms with E-state index in [1.54, 1.807) is 0 Å². The van der Waals surface area contributed by atoms with Crippen LogP contribution in [0.1, 0.15) is 29.0 Å². The third-order valence-corrected chi connectivity index (χ3v) is 3.61. The molecule has 0 radical (unpaired) electrons. The van der Waals surface area contributed by atoms with Gasteiger partial charge in [0.2, 0.25) is 0 Å². The first-order chi connectivity index (χ1) is 10.3. The summed E-state index contributed by atoms with van der Waals surface area (Å²) >= 11 is 0. The minimum Gasteiger partial charge on any atom is -0.386 e. The van der Waals surface area contributed by atoms with Crippen LogP contribution in [0.25, 0.3) is 0 Å². The molecular weight excluding hydrogens is 260 g/mol. The van der Waals surface area contributed by atoms with Gasteiger partial charge in [-0.15, -0.1) is 0 Å². The fourth-order valence-corrected chi connectivity index (χ4v) is 2.55. The number of hydrogen-bond donors (Lipinski definition) is 1. The van der Waals surface area contributed by atoms with Crippen LogP contribution in [0.3, 0.4) is 0 Å². The lowest BCUT2D eigenvalue weighted by atomic mass is 9.96. The van der Waals surface area contributed by atoms with Gasteiger partial charge in [0.25, 0.3) is 0 Å². The summed E-state index contributed by atoms with van der Waals surface area (Å²) in [6.07, 6.45) is 1.27. The van der Waals surface area contributed by atoms with Crippen LogP contribution in [0.2, 0.25) is 0 Å². The van der Waals surface area contributed by atoms with E-state index in [9.17, 15) is 5.11 Å². The Balaban J connectivity index is 2.04. The molecule has 1 heterocycles. The molecule has 1 N–H and O–H groups in total. The molecule has 1 aromatic heterocycles. The molecule has 3 aromatic rings. The lowest BCUT2D eigenvalue weighted by molar-refractivity contribution is 0.125. The van der Waals surface area contributed by atoms with Gasteiger partial charge in [-0.25, -0.2) is 0 Å². The van der Waals surface area contributed by atoms with Crippen LogP contribution in [0.4, 0.5) is 0 Å². The summed E-state index contributed by atoms with van der Waals surface area (Å²) in [5, 5.41) is 15.3. The highest BCUT2D eigenvalue weighted by atomic mass is 16.3. The van der Waals surface area contributed by atoms with Crippen LogP contribution in [-0.2, 0) is 0 Å². The Labute approximate surface area is 124 Å². The average Bonchev–Trinajstić information content (AvgIpc) is 2.95. The summed E-state index contributed by atoms with van der Waals surface area (Å²) in [4.78, 5) is 0. The van der Waals surface area contributed by atoms with Crippen LogP contribution in [0.5, 0.6) is 0 Å². The molecular formula is C18H18N2O. The van der Waals surface area contributed by atoms with Gasteiger partial charge in [-0.05, 0) is 24.1 Å². The number of aliphatic hydroxyl groups is 1. The van der Waals surface area contributed by atoms with E-state index >= 15 is 0 Å². The predicted octanol–water partition coefficient (Wildman–Crippen LogP) is 3.51. The number of nitrogens with zero attached hydrogens (tertiary/aromatic N) is 2. The van der Waals surface area contributed by atoms with Crippen molar-refractivity contribution < 1.29 is 5.11 Å². The molecule has 21 heavy (non-hydrogen) atoms. The maximum absolute atomic E-state index is 10.8. The molecule has 3 nitrogen and oxygen atoms in total. The highest BCUT2D eigenvalue weighted by molar-refractivity contribution is 5.27. The van der Waals surface area contributed by atoms with E-state index in [1.165, 1.54) is 0 Å². The van der Waals surface area contributed by atoms with Crippen LogP contribution in [-0.4, -0.2) is 14.9 Å². The summed E-state index contributed by atoms with van der Waals surface area (Å²) in [5.41, 5.74) is 2.87. The minimum atomic E-state index is -0.645. The lowest BCUT2D eigenvalue weighted by Gasteiger charge is -2.24. The molecule has 0 saturated heterocycles. The van der Waals surface area contributed by atoms with Crippen molar-refractivity contribution in [3.8, 4) is 0 Å². The van der Waals surface area contributed by atoms with Crippen molar-refractivity contribution in [3.63, 3.8) is 0 Å². The van der Waals surface area contributed by atoms with E-state index in [-0.39, 0.29) is 6.04 Å². The third-order valence-electron chi connectivity index (χ3n) is 3.61. The van der Waals surface area contributed by atoms with Crippen LogP contribution in [0.15, 0.2) is 72.9 Å². The van der Waals surface area contributed by atoms with Gasteiger partial charge in [0.15, 0.2) is 0 Å². The molecule has 0 amide bonds. The van der Waals surface area contributed by atoms with Crippen molar-refractivity contribution in [1.82, 2.24) is 9.78 Å². The molecule has 3 rings (SSSR count). The van der Waals surface area contributed by atoms with E-state index < -0.39 is 6.10 Å². The zero-order valence-electron chi connectivity index (χ0n) is 11.9. The van der Waals surface area contributed by atoms with Gasteiger partial charge in [-0.2, -0.15) is 5.10 Å². The van der Waals surface area contributed by atoms with Gasteiger partial charge in [0.05, 0.1) is 5.69 Å². The van der Waals surface area contributed by atoms with Crippen LogP contribution in [0, 0.1) is 6.92 Å². The Morgan fingerprint density at radius 3 is 1.95 bits per heavy atom. The van der Waals surface area contributed by atoms with Gasteiger partial charge in [0, 0.05) is 6.20 Å². The molecule has 0 spiro atoms. The first kappa shape index (κ1) is 13.6. The summed E-state index contributed by atoms with van der Waals surface area (Å²) in [7, 11) is 0. The van der Waals surface area contributed by atoms with Crippen molar-refractivity contribution in [2.45, 2.75) is 19.1 Å². The Kier molecular flexibility index (Phi) is 3.84. The van der Waals surface area contributed by atoms with Crippen molar-refractivity contribution >= 4 is 0 Å². The second-order valence-corrected chi connectivity index (χ2v) is 5.15. The lowest BCUT2D eigenvalue weighted by Crippen LogP contribution is -2.20. The molecule has 0 aliphatic rings. The monoisotopic (exact) mass is 278 g/mol. The maximum Gasteiger partial charge on any atom is 0.107 e. The third kappa shape index (κ3) is 2.88. The zero-order chi connectivity index (χ0) is 14.7. The Hall–Kier alpha value is -2.39. The fourth-order valence-electron chi connectivity index (χ4n) is 2.55. The van der Waals surface area contributed by atoms with Crippen LogP contribution >= 0.6 is 0 Å². The maximum atomic E-state index is 10.8. The average molecular weight is 278 g/mol. The van der Waals surface area contributed by atoms with Crippen molar-refractivity contribution in [2.75, 3.05) is 0 Å². The summed E-state index contributed by atoms with van der Waals surface area (Å²) in [6, 6.07) is 21.4. The number of aryl methyl sites for hydroxylation is 1. The van der Waals surface area contributed by atoms with E-state index in [4.69, 9.17) is 0 Å². The SMILES string of the molecule is Cc1ccn(C(c2ccccc2)C(O)c2ccccc2)n1. The highest BCUT2D eigenvalue weighted by Gasteiger charge is 2.24. The zero-order valence-corrected chi connectivity index (χ0v) is 11.9. The van der Waals surface area contributed by atoms with Crippen molar-refractivity contribution in [2.24, 2.45) is 0 Å². The Morgan fingerprint density at radius 2 is 1.43 bits per heavy atom. The topological polar surface area (TPSA) is 38.0 Å². The van der Waals surface area contributed by atoms with Gasteiger partial charge in [-0.1, -0.05) is 60.7 Å². The molecule has 2 unspecified atom stereocenters. The molecule has 0 fully saturated rings. The molecule has 2 aromatic carbocycles. The predicted molar refractivity (Wildman–Crippen MR) is 82.9 cm³/mol. The molecule has 0 saturated carbocycles. The molecule has 106 valence electrons. The van der Waals surface area contributed by atoms with Gasteiger partial charge >= 0.3 is 0 Å². The van der Waals surface area contributed by atoms with E-state index in [1.807, 2.05) is 84.5 Å². The standard InChI is InChI=1S/C18H18N2O/c1-14-12-13-20(19-14)17(15-8-4-2-5-9-15)18(21)16-10-6-3-7-11-16/h2-13,17-18,21H,1H3. The van der Waals surface area contributed by atoms with E-state index in [0.717, 1.165) is 16.8 Å². The summed E-state index contributed by atoms with van der Waals surface area (Å²) in [6.45, 7) is 1.95. The summed E-state index contributed by atoms with van der Waals surface area (Å²) < 4.78 is 1.84. The van der Waals surface area contributed by atoms with Crippen molar-refractivity contribution in [1.29, 1.82) is 0 Å². The Bertz CT molecular complexity index is 692.